The van der Waals surface area contributed by atoms with Gasteiger partial charge in [0.1, 0.15) is 6.04 Å². The van der Waals surface area contributed by atoms with Crippen LogP contribution in [0.2, 0.25) is 0 Å². The largest absolute Gasteiger partial charge is 0.379 e. The van der Waals surface area contributed by atoms with E-state index in [1.54, 1.807) is 0 Å². The Bertz CT molecular complexity index is 771. The van der Waals surface area contributed by atoms with Crippen molar-refractivity contribution in [3.05, 3.63) is 35.4 Å². The Labute approximate surface area is 200 Å². The third-order valence-corrected chi connectivity index (χ3v) is 7.12. The second-order valence-corrected chi connectivity index (χ2v) is 11.0. The van der Waals surface area contributed by atoms with Crippen molar-refractivity contribution in [1.29, 1.82) is 0 Å². The summed E-state index contributed by atoms with van der Waals surface area (Å²) >= 11 is 0. The quantitative estimate of drug-likeness (QED) is 0.678. The van der Waals surface area contributed by atoms with Gasteiger partial charge in [-0.25, -0.2) is 0 Å². The molecular weight excluding hydrogens is 414 g/mol. The minimum absolute atomic E-state index is 0.0364. The number of ether oxygens (including phenoxy) is 1. The lowest BCUT2D eigenvalue weighted by Gasteiger charge is -2.36. The first-order valence-corrected chi connectivity index (χ1v) is 12.7. The molecule has 2 fully saturated rings. The number of piperidine rings is 1. The van der Waals surface area contributed by atoms with Crippen LogP contribution in [0.15, 0.2) is 24.3 Å². The van der Waals surface area contributed by atoms with Crippen molar-refractivity contribution < 1.29 is 14.3 Å². The molecule has 2 aliphatic heterocycles. The first-order valence-electron chi connectivity index (χ1n) is 12.7. The van der Waals surface area contributed by atoms with Crippen molar-refractivity contribution in [2.75, 3.05) is 45.9 Å². The normalized spacial score (nSPS) is 19.5. The lowest BCUT2D eigenvalue weighted by atomic mass is 9.86. The number of carbonyl (C=O) groups excluding carboxylic acids is 2. The number of nitrogens with one attached hydrogen (secondary N) is 1. The molecule has 1 aromatic rings. The highest BCUT2D eigenvalue weighted by atomic mass is 16.5. The molecule has 2 saturated heterocycles. The number of hydrogen-bond acceptors (Lipinski definition) is 4. The van der Waals surface area contributed by atoms with Gasteiger partial charge >= 0.3 is 0 Å². The van der Waals surface area contributed by atoms with Crippen LogP contribution in [-0.4, -0.2) is 73.6 Å². The molecule has 0 aliphatic carbocycles. The van der Waals surface area contributed by atoms with Gasteiger partial charge < -0.3 is 15.0 Å². The Kier molecular flexibility index (Phi) is 8.94. The molecule has 6 heteroatoms. The lowest BCUT2D eigenvalue weighted by molar-refractivity contribution is -0.135. The van der Waals surface area contributed by atoms with E-state index in [4.69, 9.17) is 4.74 Å². The van der Waals surface area contributed by atoms with Gasteiger partial charge in [0.2, 0.25) is 5.91 Å². The van der Waals surface area contributed by atoms with Crippen molar-refractivity contribution >= 4 is 11.8 Å². The van der Waals surface area contributed by atoms with Gasteiger partial charge in [-0.2, -0.15) is 0 Å². The number of amides is 2. The molecule has 3 rings (SSSR count). The molecule has 0 saturated carbocycles. The number of likely N-dealkylation sites (tertiary alicyclic amines) is 1. The van der Waals surface area contributed by atoms with E-state index in [0.717, 1.165) is 58.8 Å². The van der Waals surface area contributed by atoms with Crippen molar-refractivity contribution in [3.63, 3.8) is 0 Å². The van der Waals surface area contributed by atoms with Gasteiger partial charge in [-0.3, -0.25) is 14.5 Å². The summed E-state index contributed by atoms with van der Waals surface area (Å²) in [4.78, 5) is 30.6. The molecule has 0 radical (unpaired) electrons. The highest BCUT2D eigenvalue weighted by molar-refractivity contribution is 5.97. The van der Waals surface area contributed by atoms with Crippen LogP contribution >= 0.6 is 0 Å². The number of benzene rings is 1. The molecule has 33 heavy (non-hydrogen) atoms. The second-order valence-electron chi connectivity index (χ2n) is 11.0. The van der Waals surface area contributed by atoms with Crippen LogP contribution in [0.4, 0.5) is 0 Å². The lowest BCUT2D eigenvalue weighted by Crippen LogP contribution is -2.53. The molecule has 1 unspecified atom stereocenters. The maximum absolute atomic E-state index is 13.3. The van der Waals surface area contributed by atoms with E-state index >= 15 is 0 Å². The summed E-state index contributed by atoms with van der Waals surface area (Å²) in [6.07, 6.45) is 3.28. The van der Waals surface area contributed by atoms with E-state index in [2.05, 4.69) is 31.0 Å². The standard InChI is InChI=1S/C27H43N3O3/c1-20(2)24(28-25(31)22-6-8-23(9-7-22)27(3,4)5)26(32)30-14-11-21(12-15-30)10-13-29-16-18-33-19-17-29/h6-9,20-21,24H,10-19H2,1-5H3,(H,28,31). The fourth-order valence-corrected chi connectivity index (χ4v) is 4.69. The van der Waals surface area contributed by atoms with Crippen LogP contribution in [0.3, 0.4) is 0 Å². The smallest absolute Gasteiger partial charge is 0.251 e. The predicted octanol–water partition coefficient (Wildman–Crippen LogP) is 3.70. The molecule has 1 N–H and O–H groups in total. The fraction of sp³-hybridized carbons (Fsp3) is 0.704. The molecule has 2 heterocycles. The van der Waals surface area contributed by atoms with Gasteiger partial charge in [-0.1, -0.05) is 46.8 Å². The van der Waals surface area contributed by atoms with Crippen molar-refractivity contribution in [2.45, 2.75) is 65.3 Å². The van der Waals surface area contributed by atoms with Gasteiger partial charge in [0.15, 0.2) is 0 Å². The van der Waals surface area contributed by atoms with Crippen molar-refractivity contribution in [1.82, 2.24) is 15.1 Å². The number of hydrogen-bond donors (Lipinski definition) is 1. The summed E-state index contributed by atoms with van der Waals surface area (Å²) in [5, 5.41) is 3.02. The molecular formula is C27H43N3O3. The summed E-state index contributed by atoms with van der Waals surface area (Å²) < 4.78 is 5.43. The molecule has 1 atom stereocenters. The SMILES string of the molecule is CC(C)C(NC(=O)c1ccc(C(C)(C)C)cc1)C(=O)N1CCC(CCN2CCOCC2)CC1. The van der Waals surface area contributed by atoms with E-state index in [1.165, 1.54) is 12.0 Å². The minimum atomic E-state index is -0.496. The van der Waals surface area contributed by atoms with E-state index in [9.17, 15) is 9.59 Å². The first-order chi connectivity index (χ1) is 15.6. The van der Waals surface area contributed by atoms with Crippen LogP contribution in [0.25, 0.3) is 0 Å². The number of nitrogens with zero attached hydrogens (tertiary/aromatic N) is 2. The summed E-state index contributed by atoms with van der Waals surface area (Å²) in [5.74, 6) is 0.582. The molecule has 0 spiro atoms. The Morgan fingerprint density at radius 3 is 2.18 bits per heavy atom. The van der Waals surface area contributed by atoms with Crippen LogP contribution in [-0.2, 0) is 14.9 Å². The Morgan fingerprint density at radius 1 is 1.03 bits per heavy atom. The van der Waals surface area contributed by atoms with Crippen LogP contribution in [0.5, 0.6) is 0 Å². The number of morpholine rings is 1. The highest BCUT2D eigenvalue weighted by Gasteiger charge is 2.31. The summed E-state index contributed by atoms with van der Waals surface area (Å²) in [6.45, 7) is 16.9. The van der Waals surface area contributed by atoms with Gasteiger partial charge in [-0.15, -0.1) is 0 Å². The van der Waals surface area contributed by atoms with Gasteiger partial charge in [0.25, 0.3) is 5.91 Å². The van der Waals surface area contributed by atoms with Crippen LogP contribution in [0.1, 0.15) is 69.8 Å². The zero-order valence-corrected chi connectivity index (χ0v) is 21.2. The van der Waals surface area contributed by atoms with E-state index in [-0.39, 0.29) is 23.1 Å². The monoisotopic (exact) mass is 457 g/mol. The van der Waals surface area contributed by atoms with E-state index in [0.29, 0.717) is 11.5 Å². The molecule has 184 valence electrons. The van der Waals surface area contributed by atoms with E-state index < -0.39 is 6.04 Å². The zero-order chi connectivity index (χ0) is 24.0. The van der Waals surface area contributed by atoms with Gasteiger partial charge in [0.05, 0.1) is 13.2 Å². The molecule has 2 amide bonds. The number of rotatable bonds is 7. The third kappa shape index (κ3) is 7.28. The van der Waals surface area contributed by atoms with Crippen LogP contribution in [0, 0.1) is 11.8 Å². The zero-order valence-electron chi connectivity index (χ0n) is 21.2. The van der Waals surface area contributed by atoms with Crippen molar-refractivity contribution in [3.8, 4) is 0 Å². The third-order valence-electron chi connectivity index (χ3n) is 7.12. The molecule has 6 nitrogen and oxygen atoms in total. The summed E-state index contributed by atoms with van der Waals surface area (Å²) in [7, 11) is 0. The average Bonchev–Trinajstić information content (AvgIpc) is 2.81. The predicted molar refractivity (Wildman–Crippen MR) is 132 cm³/mol. The summed E-state index contributed by atoms with van der Waals surface area (Å²) in [6, 6.07) is 7.23. The molecule has 2 aliphatic rings. The molecule has 0 aromatic heterocycles. The highest BCUT2D eigenvalue weighted by Crippen LogP contribution is 2.24. The number of carbonyl (C=O) groups is 2. The molecule has 0 bridgehead atoms. The minimum Gasteiger partial charge on any atom is -0.379 e. The maximum atomic E-state index is 13.3. The Hall–Kier alpha value is -1.92. The van der Waals surface area contributed by atoms with Gasteiger partial charge in [-0.05, 0) is 60.8 Å². The van der Waals surface area contributed by atoms with Crippen molar-refractivity contribution in [2.24, 2.45) is 11.8 Å². The fourth-order valence-electron chi connectivity index (χ4n) is 4.69. The first kappa shape index (κ1) is 25.7. The second kappa shape index (κ2) is 11.5. The Morgan fingerprint density at radius 2 is 1.64 bits per heavy atom. The summed E-state index contributed by atoms with van der Waals surface area (Å²) in [5.41, 5.74) is 1.83. The van der Waals surface area contributed by atoms with E-state index in [1.807, 2.05) is 43.0 Å². The maximum Gasteiger partial charge on any atom is 0.251 e. The molecule has 1 aromatic carbocycles. The average molecular weight is 458 g/mol. The Balaban J connectivity index is 1.51. The van der Waals surface area contributed by atoms with Gasteiger partial charge in [0, 0.05) is 31.7 Å². The van der Waals surface area contributed by atoms with Crippen LogP contribution < -0.4 is 5.32 Å². The topological polar surface area (TPSA) is 61.9 Å².